The Morgan fingerprint density at radius 3 is 1.65 bits per heavy atom. The highest BCUT2D eigenvalue weighted by Gasteiger charge is 2.06. The van der Waals surface area contributed by atoms with Crippen LogP contribution in [0.3, 0.4) is 0 Å². The van der Waals surface area contributed by atoms with Gasteiger partial charge in [-0.05, 0) is 46.9 Å². The van der Waals surface area contributed by atoms with E-state index in [2.05, 4.69) is 81.5 Å². The number of rotatable bonds is 8. The van der Waals surface area contributed by atoms with Gasteiger partial charge >= 0.3 is 0 Å². The van der Waals surface area contributed by atoms with Gasteiger partial charge in [0.05, 0.1) is 0 Å². The molecule has 4 heteroatoms. The largest absolute Gasteiger partial charge is 0.359 e. The highest BCUT2D eigenvalue weighted by molar-refractivity contribution is 5.76. The molecule has 170 valence electrons. The maximum Gasteiger partial charge on any atom is 0.222 e. The van der Waals surface area contributed by atoms with Gasteiger partial charge in [0.15, 0.2) is 0 Å². The van der Waals surface area contributed by atoms with E-state index >= 15 is 0 Å². The number of carbonyl (C=O) groups excluding carboxylic acids is 2. The summed E-state index contributed by atoms with van der Waals surface area (Å²) in [5.74, 6) is 1.38. The normalized spacial score (nSPS) is 10.5. The number of hydrogen-bond donors (Lipinski definition) is 1. The van der Waals surface area contributed by atoms with Crippen molar-refractivity contribution in [3.05, 3.63) is 70.8 Å². The van der Waals surface area contributed by atoms with Crippen molar-refractivity contribution in [1.29, 1.82) is 0 Å². The third-order valence-electron chi connectivity index (χ3n) is 5.28. The lowest BCUT2D eigenvalue weighted by Gasteiger charge is -2.11. The van der Waals surface area contributed by atoms with E-state index in [1.807, 2.05) is 0 Å². The Labute approximate surface area is 189 Å². The highest BCUT2D eigenvalue weighted by atomic mass is 16.2. The van der Waals surface area contributed by atoms with Crippen molar-refractivity contribution in [3.63, 3.8) is 0 Å². The van der Waals surface area contributed by atoms with Crippen LogP contribution in [0.2, 0.25) is 0 Å². The molecule has 0 bridgehead atoms. The van der Waals surface area contributed by atoms with Crippen LogP contribution >= 0.6 is 0 Å². The zero-order valence-corrected chi connectivity index (χ0v) is 20.4. The average molecular weight is 425 g/mol. The number of benzene rings is 2. The van der Waals surface area contributed by atoms with Gasteiger partial charge in [-0.3, -0.25) is 9.59 Å². The van der Waals surface area contributed by atoms with Gasteiger partial charge in [0, 0.05) is 34.0 Å². The van der Waals surface area contributed by atoms with Crippen LogP contribution in [0.25, 0.3) is 0 Å². The molecule has 0 fully saturated rings. The van der Waals surface area contributed by atoms with E-state index in [9.17, 15) is 9.59 Å². The van der Waals surface area contributed by atoms with Gasteiger partial charge in [0.1, 0.15) is 0 Å². The molecule has 0 aliphatic rings. The second-order valence-corrected chi connectivity index (χ2v) is 8.76. The summed E-state index contributed by atoms with van der Waals surface area (Å²) in [7, 11) is 5.27. The van der Waals surface area contributed by atoms with Gasteiger partial charge in [-0.1, -0.05) is 76.2 Å². The molecule has 0 spiro atoms. The standard InChI is InChI=1S/C14H21NO.C13H19NO/c1-11(2)13-7-5-6-12(10-13)8-9-14(16)15(3)4;1-10(2)12-6-4-5-11(9-12)7-8-13(15)14-3/h5-7,10-11H,8-9H2,1-4H3;4-6,9-10H,7-8H2,1-3H3,(H,14,15). The lowest BCUT2D eigenvalue weighted by Crippen LogP contribution is -2.21. The summed E-state index contributed by atoms with van der Waals surface area (Å²) in [6.45, 7) is 8.73. The summed E-state index contributed by atoms with van der Waals surface area (Å²) < 4.78 is 0. The summed E-state index contributed by atoms with van der Waals surface area (Å²) in [5, 5.41) is 2.63. The van der Waals surface area contributed by atoms with Crippen LogP contribution in [0.4, 0.5) is 0 Å². The number of carbonyl (C=O) groups is 2. The van der Waals surface area contributed by atoms with Gasteiger partial charge in [-0.25, -0.2) is 0 Å². The number of nitrogens with one attached hydrogen (secondary N) is 1. The van der Waals surface area contributed by atoms with E-state index in [1.165, 1.54) is 22.3 Å². The molecule has 2 amide bonds. The van der Waals surface area contributed by atoms with Gasteiger partial charge in [0.2, 0.25) is 11.8 Å². The van der Waals surface area contributed by atoms with Crippen molar-refractivity contribution in [2.45, 2.75) is 65.2 Å². The fourth-order valence-corrected chi connectivity index (χ4v) is 3.07. The molecule has 0 unspecified atom stereocenters. The van der Waals surface area contributed by atoms with Gasteiger partial charge in [0.25, 0.3) is 0 Å². The lowest BCUT2D eigenvalue weighted by molar-refractivity contribution is -0.128. The Kier molecular flexibility index (Phi) is 11.6. The van der Waals surface area contributed by atoms with Crippen LogP contribution in [-0.4, -0.2) is 37.9 Å². The first-order valence-electron chi connectivity index (χ1n) is 11.2. The van der Waals surface area contributed by atoms with Crippen LogP contribution in [0.5, 0.6) is 0 Å². The van der Waals surface area contributed by atoms with E-state index in [0.717, 1.165) is 12.8 Å². The minimum Gasteiger partial charge on any atom is -0.359 e. The Bertz CT molecular complexity index is 825. The van der Waals surface area contributed by atoms with E-state index < -0.39 is 0 Å². The molecule has 2 aromatic rings. The first-order valence-corrected chi connectivity index (χ1v) is 11.2. The minimum absolute atomic E-state index is 0.102. The highest BCUT2D eigenvalue weighted by Crippen LogP contribution is 2.17. The summed E-state index contributed by atoms with van der Waals surface area (Å²) in [6, 6.07) is 17.0. The first-order chi connectivity index (χ1) is 14.6. The molecule has 0 saturated carbocycles. The SMILES string of the molecule is CC(C)c1cccc(CCC(=O)N(C)C)c1.CNC(=O)CCc1cccc(C(C)C)c1. The van der Waals surface area contributed by atoms with Crippen LogP contribution in [-0.2, 0) is 22.4 Å². The number of hydrogen-bond acceptors (Lipinski definition) is 2. The second kappa shape index (κ2) is 13.6. The quantitative estimate of drug-likeness (QED) is 0.623. The molecule has 0 heterocycles. The fourth-order valence-electron chi connectivity index (χ4n) is 3.07. The molecule has 0 aromatic heterocycles. The predicted octanol–water partition coefficient (Wildman–Crippen LogP) is 5.32. The molecule has 0 radical (unpaired) electrons. The average Bonchev–Trinajstić information content (AvgIpc) is 2.76. The summed E-state index contributed by atoms with van der Waals surface area (Å²) in [5.41, 5.74) is 5.17. The molecule has 31 heavy (non-hydrogen) atoms. The van der Waals surface area contributed by atoms with Gasteiger partial charge in [-0.15, -0.1) is 0 Å². The monoisotopic (exact) mass is 424 g/mol. The van der Waals surface area contributed by atoms with Crippen LogP contribution in [0, 0.1) is 0 Å². The third-order valence-corrected chi connectivity index (χ3v) is 5.28. The van der Waals surface area contributed by atoms with Gasteiger partial charge < -0.3 is 10.2 Å². The number of nitrogens with zero attached hydrogens (tertiary/aromatic N) is 1. The van der Waals surface area contributed by atoms with E-state index in [1.54, 1.807) is 26.0 Å². The molecular formula is C27H40N2O2. The van der Waals surface area contributed by atoms with Crippen LogP contribution in [0.1, 0.15) is 74.6 Å². The van der Waals surface area contributed by atoms with Crippen molar-refractivity contribution in [2.24, 2.45) is 0 Å². The zero-order chi connectivity index (χ0) is 23.4. The van der Waals surface area contributed by atoms with Crippen molar-refractivity contribution >= 4 is 11.8 Å². The van der Waals surface area contributed by atoms with E-state index in [0.29, 0.717) is 24.7 Å². The lowest BCUT2D eigenvalue weighted by atomic mass is 9.99. The third kappa shape index (κ3) is 10.3. The minimum atomic E-state index is 0.102. The molecule has 0 saturated heterocycles. The van der Waals surface area contributed by atoms with Crippen molar-refractivity contribution in [2.75, 3.05) is 21.1 Å². The van der Waals surface area contributed by atoms with E-state index in [4.69, 9.17) is 0 Å². The molecule has 0 aliphatic heterocycles. The summed E-state index contributed by atoms with van der Waals surface area (Å²) in [6.07, 6.45) is 2.81. The zero-order valence-electron chi connectivity index (χ0n) is 20.4. The van der Waals surface area contributed by atoms with Crippen LogP contribution in [0.15, 0.2) is 48.5 Å². The summed E-state index contributed by atoms with van der Waals surface area (Å²) >= 11 is 0. The first kappa shape index (κ1) is 26.4. The number of aryl methyl sites for hydroxylation is 2. The van der Waals surface area contributed by atoms with Crippen molar-refractivity contribution in [3.8, 4) is 0 Å². The van der Waals surface area contributed by atoms with Crippen molar-refractivity contribution in [1.82, 2.24) is 10.2 Å². The molecule has 0 aliphatic carbocycles. The van der Waals surface area contributed by atoms with E-state index in [-0.39, 0.29) is 11.8 Å². The summed E-state index contributed by atoms with van der Waals surface area (Å²) in [4.78, 5) is 24.2. The number of amides is 2. The fraction of sp³-hybridized carbons (Fsp3) is 0.481. The molecular weight excluding hydrogens is 384 g/mol. The van der Waals surface area contributed by atoms with Gasteiger partial charge in [-0.2, -0.15) is 0 Å². The smallest absolute Gasteiger partial charge is 0.222 e. The maximum atomic E-state index is 11.5. The molecule has 0 atom stereocenters. The predicted molar refractivity (Wildman–Crippen MR) is 130 cm³/mol. The second-order valence-electron chi connectivity index (χ2n) is 8.76. The Balaban J connectivity index is 0.000000311. The molecule has 4 nitrogen and oxygen atoms in total. The molecule has 2 rings (SSSR count). The molecule has 2 aromatic carbocycles. The topological polar surface area (TPSA) is 49.4 Å². The Morgan fingerprint density at radius 2 is 1.26 bits per heavy atom. The molecule has 1 N–H and O–H groups in total. The maximum absolute atomic E-state index is 11.5. The Hall–Kier alpha value is -2.62. The van der Waals surface area contributed by atoms with Crippen LogP contribution < -0.4 is 5.32 Å². The Morgan fingerprint density at radius 1 is 0.806 bits per heavy atom. The van der Waals surface area contributed by atoms with Crippen molar-refractivity contribution < 1.29 is 9.59 Å².